The number of aldehydes is 1. The van der Waals surface area contributed by atoms with Crippen LogP contribution in [0.1, 0.15) is 15.9 Å². The number of primary amides is 1. The zero-order valence-electron chi connectivity index (χ0n) is 7.45. The second kappa shape index (κ2) is 4.24. The Morgan fingerprint density at radius 3 is 2.73 bits per heavy atom. The molecule has 0 aromatic heterocycles. The van der Waals surface area contributed by atoms with Crippen molar-refractivity contribution in [2.24, 2.45) is 5.73 Å². The minimum Gasteiger partial charge on any atom is -0.504 e. The summed E-state index contributed by atoms with van der Waals surface area (Å²) in [6.07, 6.45) is 0.286. The van der Waals surface area contributed by atoms with Gasteiger partial charge in [0.2, 0.25) is 0 Å². The molecule has 1 amide bonds. The van der Waals surface area contributed by atoms with Gasteiger partial charge >= 0.3 is 0 Å². The zero-order chi connectivity index (χ0) is 11.4. The summed E-state index contributed by atoms with van der Waals surface area (Å²) in [5, 5.41) is 9.05. The third-order valence-electron chi connectivity index (χ3n) is 1.55. The van der Waals surface area contributed by atoms with Crippen LogP contribution in [0.2, 0.25) is 0 Å². The van der Waals surface area contributed by atoms with Crippen molar-refractivity contribution in [3.05, 3.63) is 29.1 Å². The number of aromatic hydroxyl groups is 1. The van der Waals surface area contributed by atoms with Crippen molar-refractivity contribution in [1.82, 2.24) is 0 Å². The Kier molecular flexibility index (Phi) is 3.03. The van der Waals surface area contributed by atoms with Crippen LogP contribution < -0.4 is 5.73 Å². The number of phenolic OH excluding ortho intramolecular Hbond substituents is 1. The van der Waals surface area contributed by atoms with Gasteiger partial charge in [0.05, 0.1) is 5.56 Å². The van der Waals surface area contributed by atoms with Gasteiger partial charge in [0, 0.05) is 5.56 Å². The number of amides is 1. The van der Waals surface area contributed by atoms with Crippen molar-refractivity contribution in [1.29, 1.82) is 0 Å². The van der Waals surface area contributed by atoms with Gasteiger partial charge in [0.1, 0.15) is 0 Å². The first kappa shape index (κ1) is 10.7. The van der Waals surface area contributed by atoms with E-state index in [1.165, 1.54) is 0 Å². The number of nitrogens with two attached hydrogens (primary N) is 1. The van der Waals surface area contributed by atoms with E-state index in [1.54, 1.807) is 0 Å². The number of hydrogen-bond acceptors (Lipinski definition) is 3. The number of hydrogen-bond donors (Lipinski definition) is 2. The van der Waals surface area contributed by atoms with Gasteiger partial charge in [-0.1, -0.05) is 5.92 Å². The number of carbonyl (C=O) groups excluding carboxylic acids is 2. The quantitative estimate of drug-likeness (QED) is 0.509. The molecule has 0 spiro atoms. The number of benzene rings is 1. The predicted molar refractivity (Wildman–Crippen MR) is 49.5 cm³/mol. The Bertz CT molecular complexity index is 485. The smallest absolute Gasteiger partial charge is 0.293 e. The Balaban J connectivity index is 3.24. The highest BCUT2D eigenvalue weighted by atomic mass is 19.1. The van der Waals surface area contributed by atoms with Gasteiger partial charge in [0.25, 0.3) is 5.91 Å². The molecule has 1 rings (SSSR count). The van der Waals surface area contributed by atoms with E-state index in [1.807, 2.05) is 5.92 Å². The van der Waals surface area contributed by atoms with Gasteiger partial charge in [-0.2, -0.15) is 0 Å². The summed E-state index contributed by atoms with van der Waals surface area (Å²) in [7, 11) is 0. The van der Waals surface area contributed by atoms with Crippen LogP contribution in [0.5, 0.6) is 5.75 Å². The molecule has 15 heavy (non-hydrogen) atoms. The third kappa shape index (κ3) is 2.54. The van der Waals surface area contributed by atoms with E-state index in [4.69, 9.17) is 10.8 Å². The number of carbonyl (C=O) groups is 2. The molecule has 0 heterocycles. The van der Waals surface area contributed by atoms with E-state index >= 15 is 0 Å². The molecule has 0 radical (unpaired) electrons. The average Bonchev–Trinajstić information content (AvgIpc) is 2.19. The van der Waals surface area contributed by atoms with Crippen molar-refractivity contribution in [3.8, 4) is 17.6 Å². The summed E-state index contributed by atoms with van der Waals surface area (Å²) >= 11 is 0. The topological polar surface area (TPSA) is 80.4 Å². The lowest BCUT2D eigenvalue weighted by Crippen LogP contribution is -2.06. The second-order valence-corrected chi connectivity index (χ2v) is 2.63. The number of rotatable bonds is 1. The summed E-state index contributed by atoms with van der Waals surface area (Å²) in [4.78, 5) is 20.7. The molecule has 0 saturated heterocycles. The Labute approximate surface area is 84.5 Å². The molecule has 0 aliphatic rings. The molecule has 0 bridgehead atoms. The van der Waals surface area contributed by atoms with E-state index in [-0.39, 0.29) is 17.4 Å². The second-order valence-electron chi connectivity index (χ2n) is 2.63. The first-order chi connectivity index (χ1) is 7.04. The van der Waals surface area contributed by atoms with Crippen molar-refractivity contribution in [3.63, 3.8) is 0 Å². The highest BCUT2D eigenvalue weighted by Crippen LogP contribution is 2.20. The molecule has 0 atom stereocenters. The lowest BCUT2D eigenvalue weighted by atomic mass is 10.1. The van der Waals surface area contributed by atoms with E-state index in [9.17, 15) is 14.0 Å². The highest BCUT2D eigenvalue weighted by Gasteiger charge is 2.07. The maximum absolute atomic E-state index is 13.0. The fourth-order valence-corrected chi connectivity index (χ4v) is 0.916. The van der Waals surface area contributed by atoms with Crippen molar-refractivity contribution >= 4 is 12.2 Å². The van der Waals surface area contributed by atoms with Crippen LogP contribution in [0.25, 0.3) is 0 Å². The predicted octanol–water partition coefficient (Wildman–Crippen LogP) is 0.181. The molecule has 0 aliphatic carbocycles. The lowest BCUT2D eigenvalue weighted by Gasteiger charge is -1.99. The van der Waals surface area contributed by atoms with Gasteiger partial charge in [-0.15, -0.1) is 0 Å². The molecule has 0 unspecified atom stereocenters. The maximum atomic E-state index is 13.0. The standard InChI is InChI=1S/C10H6FNO3/c11-8-4-6(1-2-9(12)14)3-7(5-13)10(8)15/h3-5,15H,(H2,12,14). The van der Waals surface area contributed by atoms with E-state index < -0.39 is 17.5 Å². The van der Waals surface area contributed by atoms with Crippen LogP contribution in [0.4, 0.5) is 4.39 Å². The molecular weight excluding hydrogens is 201 g/mol. The SMILES string of the molecule is NC(=O)C#Cc1cc(F)c(O)c(C=O)c1. The molecule has 3 N–H and O–H groups in total. The molecule has 0 fully saturated rings. The normalized spacial score (nSPS) is 8.87. The fraction of sp³-hybridized carbons (Fsp3) is 0. The van der Waals surface area contributed by atoms with Crippen LogP contribution >= 0.6 is 0 Å². The first-order valence-corrected chi connectivity index (χ1v) is 3.83. The molecule has 4 nitrogen and oxygen atoms in total. The fourth-order valence-electron chi connectivity index (χ4n) is 0.916. The Morgan fingerprint density at radius 1 is 1.53 bits per heavy atom. The number of halogens is 1. The van der Waals surface area contributed by atoms with E-state index in [0.717, 1.165) is 12.1 Å². The number of phenols is 1. The third-order valence-corrected chi connectivity index (χ3v) is 1.55. The van der Waals surface area contributed by atoms with Crippen LogP contribution in [0, 0.1) is 17.7 Å². The summed E-state index contributed by atoms with van der Waals surface area (Å²) in [5.41, 5.74) is 4.61. The molecular formula is C10H6FNO3. The van der Waals surface area contributed by atoms with Crippen molar-refractivity contribution in [2.45, 2.75) is 0 Å². The minimum absolute atomic E-state index is 0.0891. The highest BCUT2D eigenvalue weighted by molar-refractivity contribution is 5.92. The molecule has 0 saturated carbocycles. The molecule has 1 aromatic carbocycles. The Hall–Kier alpha value is -2.35. The van der Waals surface area contributed by atoms with E-state index in [0.29, 0.717) is 0 Å². The summed E-state index contributed by atoms with van der Waals surface area (Å²) in [5.74, 6) is 1.65. The van der Waals surface area contributed by atoms with Gasteiger partial charge in [-0.05, 0) is 18.1 Å². The summed E-state index contributed by atoms with van der Waals surface area (Å²) < 4.78 is 13.0. The zero-order valence-corrected chi connectivity index (χ0v) is 7.45. The maximum Gasteiger partial charge on any atom is 0.293 e. The monoisotopic (exact) mass is 207 g/mol. The summed E-state index contributed by atoms with van der Waals surface area (Å²) in [6, 6.07) is 2.06. The van der Waals surface area contributed by atoms with Crippen LogP contribution in [-0.2, 0) is 4.79 Å². The van der Waals surface area contributed by atoms with Gasteiger partial charge in [-0.25, -0.2) is 4.39 Å². The first-order valence-electron chi connectivity index (χ1n) is 3.83. The molecule has 1 aromatic rings. The lowest BCUT2D eigenvalue weighted by molar-refractivity contribution is -0.112. The van der Waals surface area contributed by atoms with Crippen LogP contribution in [0.3, 0.4) is 0 Å². The average molecular weight is 207 g/mol. The van der Waals surface area contributed by atoms with Crippen LogP contribution in [-0.4, -0.2) is 17.3 Å². The molecule has 0 aliphatic heterocycles. The van der Waals surface area contributed by atoms with E-state index in [2.05, 4.69) is 5.92 Å². The van der Waals surface area contributed by atoms with Gasteiger partial charge < -0.3 is 10.8 Å². The van der Waals surface area contributed by atoms with Crippen LogP contribution in [0.15, 0.2) is 12.1 Å². The molecule has 5 heteroatoms. The summed E-state index contributed by atoms with van der Waals surface area (Å²) in [6.45, 7) is 0. The molecule has 76 valence electrons. The van der Waals surface area contributed by atoms with Gasteiger partial charge in [-0.3, -0.25) is 9.59 Å². The van der Waals surface area contributed by atoms with Crippen molar-refractivity contribution < 1.29 is 19.1 Å². The Morgan fingerprint density at radius 2 is 2.20 bits per heavy atom. The largest absolute Gasteiger partial charge is 0.504 e. The minimum atomic E-state index is -0.978. The van der Waals surface area contributed by atoms with Gasteiger partial charge in [0.15, 0.2) is 17.9 Å². The van der Waals surface area contributed by atoms with Crippen molar-refractivity contribution in [2.75, 3.05) is 0 Å².